The van der Waals surface area contributed by atoms with Crippen molar-refractivity contribution in [2.75, 3.05) is 36.7 Å². The predicted octanol–water partition coefficient (Wildman–Crippen LogP) is 5.51. The molecule has 1 aliphatic carbocycles. The Morgan fingerprint density at radius 1 is 1.02 bits per heavy atom. The van der Waals surface area contributed by atoms with Gasteiger partial charge in [-0.2, -0.15) is 11.8 Å². The molecule has 0 unspecified atom stereocenters. The fourth-order valence-electron chi connectivity index (χ4n) is 5.48. The molecular weight excluding hydrogens is 569 g/mol. The van der Waals surface area contributed by atoms with E-state index >= 15 is 0 Å². The van der Waals surface area contributed by atoms with Crippen molar-refractivity contribution >= 4 is 41.4 Å². The molecule has 0 aromatic heterocycles. The lowest BCUT2D eigenvalue weighted by molar-refractivity contribution is -0.131. The van der Waals surface area contributed by atoms with Gasteiger partial charge in [0, 0.05) is 31.4 Å². The number of ether oxygens (including phenoxy) is 1. The monoisotopic (exact) mass is 620 g/mol. The van der Waals surface area contributed by atoms with Gasteiger partial charge in [0.1, 0.15) is 17.7 Å². The number of thioether (sulfide) groups is 2. The van der Waals surface area contributed by atoms with Gasteiger partial charge in [-0.3, -0.25) is 19.4 Å². The van der Waals surface area contributed by atoms with Crippen LogP contribution in [0.5, 0.6) is 0 Å². The lowest BCUT2D eigenvalue weighted by Gasteiger charge is -2.34. The lowest BCUT2D eigenvalue weighted by atomic mass is 9.91. The van der Waals surface area contributed by atoms with Crippen LogP contribution >= 0.6 is 23.5 Å². The topological polar surface area (TPSA) is 91.0 Å². The number of carbonyl (C=O) groups excluding carboxylic acids is 3. The number of carbonyl (C=O) groups is 3. The van der Waals surface area contributed by atoms with E-state index in [1.807, 2.05) is 33.1 Å². The number of amides is 3. The molecule has 10 heteroatoms. The van der Waals surface area contributed by atoms with Gasteiger partial charge in [0.25, 0.3) is 0 Å². The van der Waals surface area contributed by atoms with Crippen molar-refractivity contribution in [3.8, 4) is 0 Å². The smallest absolute Gasteiger partial charge is 0.411 e. The fourth-order valence-corrected chi connectivity index (χ4v) is 7.36. The first-order chi connectivity index (χ1) is 20.1. The summed E-state index contributed by atoms with van der Waals surface area (Å²) in [5, 5.41) is 6.24. The minimum Gasteiger partial charge on any atom is -0.444 e. The molecule has 1 aliphatic heterocycles. The average molecular weight is 621 g/mol. The summed E-state index contributed by atoms with van der Waals surface area (Å²) in [5.74, 6) is 2.04. The maximum atomic E-state index is 13.6. The number of benzene rings is 1. The van der Waals surface area contributed by atoms with Gasteiger partial charge < -0.3 is 15.4 Å². The Hall–Kier alpha value is -1.91. The quantitative estimate of drug-likeness (QED) is 0.281. The minimum absolute atomic E-state index is 0.0828. The highest BCUT2D eigenvalue weighted by Gasteiger charge is 2.33. The van der Waals surface area contributed by atoms with Crippen LogP contribution in [-0.4, -0.2) is 88.2 Å². The lowest BCUT2D eigenvalue weighted by Crippen LogP contribution is -2.57. The first-order valence-electron chi connectivity index (χ1n) is 15.5. The maximum absolute atomic E-state index is 13.6. The Morgan fingerprint density at radius 3 is 2.31 bits per heavy atom. The normalized spacial score (nSPS) is 18.6. The highest BCUT2D eigenvalue weighted by molar-refractivity contribution is 7.99. The van der Waals surface area contributed by atoms with Crippen molar-refractivity contribution in [3.05, 3.63) is 35.9 Å². The van der Waals surface area contributed by atoms with Crippen molar-refractivity contribution in [2.24, 2.45) is 5.92 Å². The molecule has 2 atom stereocenters. The maximum Gasteiger partial charge on any atom is 0.411 e. The summed E-state index contributed by atoms with van der Waals surface area (Å²) in [6.07, 6.45) is 9.47. The molecule has 8 nitrogen and oxygen atoms in total. The van der Waals surface area contributed by atoms with Crippen molar-refractivity contribution in [1.82, 2.24) is 20.4 Å². The average Bonchev–Trinajstić information content (AvgIpc) is 2.96. The van der Waals surface area contributed by atoms with E-state index in [2.05, 4.69) is 39.8 Å². The van der Waals surface area contributed by atoms with Crippen molar-refractivity contribution in [1.29, 1.82) is 0 Å². The van der Waals surface area contributed by atoms with Crippen molar-refractivity contribution < 1.29 is 19.1 Å². The molecule has 2 aliphatic rings. The summed E-state index contributed by atoms with van der Waals surface area (Å²) in [6.45, 7) is 9.88. The zero-order valence-electron chi connectivity index (χ0n) is 26.2. The fraction of sp³-hybridized carbons (Fsp3) is 0.719. The van der Waals surface area contributed by atoms with E-state index in [1.54, 1.807) is 18.7 Å². The molecule has 1 heterocycles. The highest BCUT2D eigenvalue weighted by atomic mass is 32.2. The standard InChI is InChI=1S/C32H52N4O4S2/c1-24(36(23-41-5)31(39)40-32(2,3)4)29(37)34-28(22-42-21-26-14-10-7-11-15-26)30(38)33-27-16-18-35(19-17-27)20-25-12-8-6-9-13-25/h6,8-9,12-13,24,26-28H,7,10-11,14-23H2,1-5H3,(H,33,38)(H,34,37)/t24-,28-/m0/s1. The number of nitrogens with zero attached hydrogens (tertiary/aromatic N) is 2. The van der Waals surface area contributed by atoms with Crippen LogP contribution < -0.4 is 10.6 Å². The number of hydrogen-bond acceptors (Lipinski definition) is 7. The Kier molecular flexibility index (Phi) is 14.3. The van der Waals surface area contributed by atoms with Crippen LogP contribution in [0.1, 0.15) is 78.2 Å². The molecule has 0 radical (unpaired) electrons. The van der Waals surface area contributed by atoms with E-state index < -0.39 is 23.8 Å². The van der Waals surface area contributed by atoms with Gasteiger partial charge in [0.15, 0.2) is 0 Å². The van der Waals surface area contributed by atoms with Crippen LogP contribution in [0.4, 0.5) is 4.79 Å². The van der Waals surface area contributed by atoms with Gasteiger partial charge in [0.05, 0.1) is 5.88 Å². The third-order valence-electron chi connectivity index (χ3n) is 7.92. The molecule has 42 heavy (non-hydrogen) atoms. The van der Waals surface area contributed by atoms with Crippen molar-refractivity contribution in [3.63, 3.8) is 0 Å². The second-order valence-corrected chi connectivity index (χ2v) is 14.6. The number of nitrogens with one attached hydrogen (secondary N) is 2. The summed E-state index contributed by atoms with van der Waals surface area (Å²) in [7, 11) is 0. The Morgan fingerprint density at radius 2 is 1.69 bits per heavy atom. The molecule has 2 N–H and O–H groups in total. The number of piperidine rings is 1. The van der Waals surface area contributed by atoms with E-state index in [-0.39, 0.29) is 17.9 Å². The van der Waals surface area contributed by atoms with Gasteiger partial charge >= 0.3 is 6.09 Å². The summed E-state index contributed by atoms with van der Waals surface area (Å²) in [5.41, 5.74) is 0.632. The van der Waals surface area contributed by atoms with Gasteiger partial charge in [-0.15, -0.1) is 11.8 Å². The molecule has 1 saturated heterocycles. The van der Waals surface area contributed by atoms with Crippen LogP contribution in [0, 0.1) is 5.92 Å². The first kappa shape index (κ1) is 34.6. The number of rotatable bonds is 13. The zero-order valence-corrected chi connectivity index (χ0v) is 27.9. The third kappa shape index (κ3) is 12.0. The van der Waals surface area contributed by atoms with Crippen LogP contribution in [-0.2, 0) is 20.9 Å². The van der Waals surface area contributed by atoms with Crippen molar-refractivity contribution in [2.45, 2.75) is 103 Å². The summed E-state index contributed by atoms with van der Waals surface area (Å²) in [4.78, 5) is 43.8. The van der Waals surface area contributed by atoms with Gasteiger partial charge in [-0.05, 0) is 76.9 Å². The molecule has 3 amide bonds. The zero-order chi connectivity index (χ0) is 30.5. The van der Waals surface area contributed by atoms with E-state index in [4.69, 9.17) is 4.74 Å². The van der Waals surface area contributed by atoms with Crippen LogP contribution in [0.25, 0.3) is 0 Å². The second kappa shape index (κ2) is 17.4. The van der Waals surface area contributed by atoms with Gasteiger partial charge in [0.2, 0.25) is 11.8 Å². The summed E-state index contributed by atoms with van der Waals surface area (Å²) < 4.78 is 5.56. The molecule has 0 spiro atoms. The Labute approximate surface area is 261 Å². The molecule has 1 aromatic rings. The van der Waals surface area contributed by atoms with Crippen LogP contribution in [0.15, 0.2) is 30.3 Å². The van der Waals surface area contributed by atoms with Gasteiger partial charge in [-0.1, -0.05) is 49.6 Å². The van der Waals surface area contributed by atoms with Gasteiger partial charge in [-0.25, -0.2) is 4.79 Å². The molecular formula is C32H52N4O4S2. The molecule has 2 fully saturated rings. The van der Waals surface area contributed by atoms with Crippen LogP contribution in [0.2, 0.25) is 0 Å². The van der Waals surface area contributed by atoms with E-state index in [0.29, 0.717) is 17.5 Å². The highest BCUT2D eigenvalue weighted by Crippen LogP contribution is 2.27. The second-order valence-electron chi connectivity index (χ2n) is 12.7. The minimum atomic E-state index is -0.771. The summed E-state index contributed by atoms with van der Waals surface area (Å²) in [6, 6.07) is 9.12. The SMILES string of the molecule is CSCN(C(=O)OC(C)(C)C)[C@@H](C)C(=O)N[C@@H](CSCC1CCCCC1)C(=O)NC1CCN(Cc2ccccc2)CC1. The Bertz CT molecular complexity index is 976. The van der Waals surface area contributed by atoms with E-state index in [1.165, 1.54) is 54.3 Å². The molecule has 236 valence electrons. The predicted molar refractivity (Wildman–Crippen MR) is 175 cm³/mol. The third-order valence-corrected chi connectivity index (χ3v) is 9.73. The summed E-state index contributed by atoms with van der Waals surface area (Å²) >= 11 is 3.20. The molecule has 1 saturated carbocycles. The first-order valence-corrected chi connectivity index (χ1v) is 18.0. The Balaban J connectivity index is 1.59. The number of hydrogen-bond donors (Lipinski definition) is 2. The molecule has 1 aromatic carbocycles. The van der Waals surface area contributed by atoms with E-state index in [0.717, 1.165) is 38.2 Å². The number of likely N-dealkylation sites (tertiary alicyclic amines) is 1. The largest absolute Gasteiger partial charge is 0.444 e. The van der Waals surface area contributed by atoms with E-state index in [9.17, 15) is 14.4 Å². The van der Waals surface area contributed by atoms with Crippen LogP contribution in [0.3, 0.4) is 0 Å². The molecule has 0 bridgehead atoms. The molecule has 3 rings (SSSR count).